The molecule has 1 unspecified atom stereocenters. The summed E-state index contributed by atoms with van der Waals surface area (Å²) in [5, 5.41) is 16.8. The highest BCUT2D eigenvalue weighted by atomic mass is 19.2. The maximum atomic E-state index is 14.7. The number of carbonyl (C=O) groups is 2. The van der Waals surface area contributed by atoms with Gasteiger partial charge in [-0.1, -0.05) is 36.4 Å². The van der Waals surface area contributed by atoms with Crippen molar-refractivity contribution >= 4 is 17.4 Å². The first-order valence-corrected chi connectivity index (χ1v) is 18.2. The summed E-state index contributed by atoms with van der Waals surface area (Å²) in [6.07, 6.45) is 3.24. The fourth-order valence-electron chi connectivity index (χ4n) is 7.59. The number of ether oxygens (including phenoxy) is 2. The third-order valence-electron chi connectivity index (χ3n) is 10.4. The highest BCUT2D eigenvalue weighted by Gasteiger charge is 2.44. The SMILES string of the molecule is Cc1cccc(OCCN(C(=O)C2=C(c3ccc(CCCOc4c(F)ccc(F)c4F)cc3)C[C@H]3CN(C(=O)C4C[C@@H](O)CN4)C[C@H]2N3)C2CC2)c1. The molecule has 3 N–H and O–H groups in total. The molecule has 4 atom stereocenters. The van der Waals surface area contributed by atoms with Crippen LogP contribution in [0.25, 0.3) is 5.57 Å². The predicted molar refractivity (Wildman–Crippen MR) is 189 cm³/mol. The van der Waals surface area contributed by atoms with Crippen LogP contribution >= 0.6 is 0 Å². The molecule has 0 radical (unpaired) electrons. The van der Waals surface area contributed by atoms with Gasteiger partial charge in [0.1, 0.15) is 12.4 Å². The summed E-state index contributed by atoms with van der Waals surface area (Å²) in [4.78, 5) is 32.0. The van der Waals surface area contributed by atoms with Crippen molar-refractivity contribution in [1.82, 2.24) is 20.4 Å². The molecule has 2 bridgehead atoms. The molecule has 3 heterocycles. The molecule has 52 heavy (non-hydrogen) atoms. The van der Waals surface area contributed by atoms with Crippen LogP contribution in [0.4, 0.5) is 13.2 Å². The second-order valence-corrected chi connectivity index (χ2v) is 14.3. The molecule has 1 saturated carbocycles. The zero-order valence-corrected chi connectivity index (χ0v) is 29.3. The average molecular weight is 719 g/mol. The van der Waals surface area contributed by atoms with Crippen LogP contribution in [0.2, 0.25) is 0 Å². The smallest absolute Gasteiger partial charge is 0.252 e. The fourth-order valence-corrected chi connectivity index (χ4v) is 7.59. The Kier molecular flexibility index (Phi) is 10.9. The third kappa shape index (κ3) is 8.14. The van der Waals surface area contributed by atoms with Gasteiger partial charge in [0, 0.05) is 37.3 Å². The van der Waals surface area contributed by atoms with E-state index in [4.69, 9.17) is 9.47 Å². The number of nitrogens with zero attached hydrogens (tertiary/aromatic N) is 2. The van der Waals surface area contributed by atoms with Crippen LogP contribution in [0.1, 0.15) is 48.8 Å². The Balaban J connectivity index is 1.09. The number of aryl methyl sites for hydroxylation is 2. The third-order valence-corrected chi connectivity index (χ3v) is 10.4. The molecule has 4 aliphatic rings. The number of amides is 2. The maximum Gasteiger partial charge on any atom is 0.252 e. The molecule has 3 fully saturated rings. The van der Waals surface area contributed by atoms with Gasteiger partial charge in [-0.05, 0) is 92.0 Å². The number of aliphatic hydroxyl groups is 1. The standard InChI is InChI=1S/C40H45F3N4O5/c1-24-4-2-6-30(18-24)51-17-15-47(28-11-12-28)40(50)36-31(19-27-22-46(23-35(36)45-27)39(49)34-20-29(48)21-44-34)26-9-7-25(8-10-26)5-3-16-52-38-33(42)14-13-32(41)37(38)43/h2,4,6-10,13-14,18,27-29,34-35,44-45,48H,3,5,11-12,15-17,19-23H2,1H3/t27-,29+,34?,35+/m0/s1. The minimum Gasteiger partial charge on any atom is -0.492 e. The van der Waals surface area contributed by atoms with Crippen LogP contribution in [0.5, 0.6) is 11.5 Å². The molecule has 12 heteroatoms. The van der Waals surface area contributed by atoms with Gasteiger partial charge >= 0.3 is 0 Å². The van der Waals surface area contributed by atoms with Crippen molar-refractivity contribution in [3.8, 4) is 11.5 Å². The number of hydrogen-bond acceptors (Lipinski definition) is 7. The number of piperazine rings is 1. The van der Waals surface area contributed by atoms with E-state index in [1.807, 2.05) is 65.3 Å². The Hall–Kier alpha value is -4.39. The summed E-state index contributed by atoms with van der Waals surface area (Å²) in [5.74, 6) is -3.51. The Labute approximate surface area is 301 Å². The monoisotopic (exact) mass is 718 g/mol. The van der Waals surface area contributed by atoms with Crippen LogP contribution in [-0.4, -0.2) is 96.4 Å². The quantitative estimate of drug-likeness (QED) is 0.176. The van der Waals surface area contributed by atoms with Crippen molar-refractivity contribution in [2.24, 2.45) is 0 Å². The van der Waals surface area contributed by atoms with Gasteiger partial charge in [0.2, 0.25) is 11.7 Å². The highest BCUT2D eigenvalue weighted by Crippen LogP contribution is 2.37. The van der Waals surface area contributed by atoms with Crippen LogP contribution in [0.15, 0.2) is 66.2 Å². The minimum absolute atomic E-state index is 0.00697. The number of benzene rings is 3. The number of nitrogens with one attached hydrogen (secondary N) is 2. The van der Waals surface area contributed by atoms with Crippen LogP contribution < -0.4 is 20.1 Å². The first-order chi connectivity index (χ1) is 25.1. The summed E-state index contributed by atoms with van der Waals surface area (Å²) >= 11 is 0. The second-order valence-electron chi connectivity index (χ2n) is 14.3. The molecule has 3 aromatic rings. The Morgan fingerprint density at radius 2 is 1.77 bits per heavy atom. The first-order valence-electron chi connectivity index (χ1n) is 18.2. The number of fused-ring (bicyclic) bond motifs is 2. The number of carbonyl (C=O) groups excluding carboxylic acids is 2. The van der Waals surface area contributed by atoms with E-state index in [-0.39, 0.29) is 36.5 Å². The number of hydrogen-bond donors (Lipinski definition) is 3. The van der Waals surface area contributed by atoms with Crippen molar-refractivity contribution < 1.29 is 37.3 Å². The minimum atomic E-state index is -1.34. The van der Waals surface area contributed by atoms with Gasteiger partial charge in [-0.25, -0.2) is 8.78 Å². The first kappa shape index (κ1) is 36.0. The molecule has 0 aromatic heterocycles. The van der Waals surface area contributed by atoms with E-state index in [2.05, 4.69) is 10.6 Å². The Bertz CT molecular complexity index is 1820. The summed E-state index contributed by atoms with van der Waals surface area (Å²) in [6, 6.07) is 16.6. The number of halogens is 3. The number of aliphatic hydroxyl groups excluding tert-OH is 1. The van der Waals surface area contributed by atoms with E-state index >= 15 is 0 Å². The van der Waals surface area contributed by atoms with Gasteiger partial charge in [0.05, 0.1) is 31.3 Å². The largest absolute Gasteiger partial charge is 0.492 e. The molecule has 7 rings (SSSR count). The highest BCUT2D eigenvalue weighted by molar-refractivity contribution is 6.03. The van der Waals surface area contributed by atoms with Crippen molar-refractivity contribution in [2.45, 2.75) is 75.7 Å². The zero-order valence-electron chi connectivity index (χ0n) is 29.3. The Morgan fingerprint density at radius 1 is 0.981 bits per heavy atom. The molecular formula is C40H45F3N4O5. The van der Waals surface area contributed by atoms with Gasteiger partial charge < -0.3 is 35.0 Å². The van der Waals surface area contributed by atoms with E-state index in [1.165, 1.54) is 0 Å². The molecule has 3 aliphatic heterocycles. The van der Waals surface area contributed by atoms with Crippen molar-refractivity contribution in [3.63, 3.8) is 0 Å². The second kappa shape index (κ2) is 15.7. The lowest BCUT2D eigenvalue weighted by atomic mass is 9.82. The van der Waals surface area contributed by atoms with Gasteiger partial charge in [0.25, 0.3) is 5.91 Å². The zero-order chi connectivity index (χ0) is 36.4. The average Bonchev–Trinajstić information content (AvgIpc) is 3.89. The molecule has 2 amide bonds. The van der Waals surface area contributed by atoms with Crippen molar-refractivity contribution in [1.29, 1.82) is 0 Å². The fraction of sp³-hybridized carbons (Fsp3) is 0.450. The molecule has 9 nitrogen and oxygen atoms in total. The number of β-amino-alcohol motifs (C(OH)–C–C–N with tert-alkyl or cyclic N) is 1. The van der Waals surface area contributed by atoms with Gasteiger partial charge in [-0.15, -0.1) is 0 Å². The van der Waals surface area contributed by atoms with Crippen molar-refractivity contribution in [2.75, 3.05) is 39.4 Å². The van der Waals surface area contributed by atoms with E-state index in [9.17, 15) is 27.9 Å². The molecular weight excluding hydrogens is 673 g/mol. The van der Waals surface area contributed by atoms with Crippen molar-refractivity contribution in [3.05, 3.63) is 100 Å². The molecule has 2 saturated heterocycles. The summed E-state index contributed by atoms with van der Waals surface area (Å²) < 4.78 is 52.8. The number of rotatable bonds is 13. The van der Waals surface area contributed by atoms with E-state index in [1.54, 1.807) is 0 Å². The molecule has 1 aliphatic carbocycles. The normalized spacial score (nSPS) is 22.8. The maximum absolute atomic E-state index is 14.7. The van der Waals surface area contributed by atoms with E-state index in [0.29, 0.717) is 64.0 Å². The van der Waals surface area contributed by atoms with Crippen LogP contribution in [-0.2, 0) is 16.0 Å². The summed E-state index contributed by atoms with van der Waals surface area (Å²) in [6.45, 7) is 4.03. The van der Waals surface area contributed by atoms with Crippen LogP contribution in [0.3, 0.4) is 0 Å². The Morgan fingerprint density at radius 3 is 2.50 bits per heavy atom. The molecule has 3 aromatic carbocycles. The van der Waals surface area contributed by atoms with Gasteiger partial charge in [-0.2, -0.15) is 4.39 Å². The van der Waals surface area contributed by atoms with E-state index < -0.39 is 35.3 Å². The van der Waals surface area contributed by atoms with E-state index in [0.717, 1.165) is 53.0 Å². The lowest BCUT2D eigenvalue weighted by Gasteiger charge is -2.45. The molecule has 0 spiro atoms. The van der Waals surface area contributed by atoms with Gasteiger partial charge in [-0.3, -0.25) is 9.59 Å². The lowest BCUT2D eigenvalue weighted by Crippen LogP contribution is -2.63. The molecule has 276 valence electrons. The van der Waals surface area contributed by atoms with Crippen LogP contribution in [0, 0.1) is 24.4 Å². The predicted octanol–water partition coefficient (Wildman–Crippen LogP) is 4.54. The summed E-state index contributed by atoms with van der Waals surface area (Å²) in [7, 11) is 0. The summed E-state index contributed by atoms with van der Waals surface area (Å²) in [5.41, 5.74) is 4.62. The lowest BCUT2D eigenvalue weighted by molar-refractivity contribution is -0.136. The van der Waals surface area contributed by atoms with Gasteiger partial charge in [0.15, 0.2) is 17.4 Å². The topological polar surface area (TPSA) is 103 Å².